The van der Waals surface area contributed by atoms with Crippen molar-refractivity contribution in [3.05, 3.63) is 0 Å². The van der Waals surface area contributed by atoms with E-state index in [2.05, 4.69) is 6.92 Å². The van der Waals surface area contributed by atoms with E-state index >= 15 is 0 Å². The molecule has 0 aromatic carbocycles. The van der Waals surface area contributed by atoms with Crippen LogP contribution >= 0.6 is 0 Å². The summed E-state index contributed by atoms with van der Waals surface area (Å²) < 4.78 is 0. The number of rotatable bonds is 3. The molecule has 2 nitrogen and oxygen atoms in total. The first kappa shape index (κ1) is 9.43. The average Bonchev–Trinajstić information content (AvgIpc) is 2.28. The molecule has 12 heavy (non-hydrogen) atoms. The zero-order valence-corrected chi connectivity index (χ0v) is 7.80. The molecule has 68 valence electrons. The lowest BCUT2D eigenvalue weighted by atomic mass is 9.89. The summed E-state index contributed by atoms with van der Waals surface area (Å²) in [7, 11) is 0. The smallest absolute Gasteiger partial charge is 0.144 e. The molecule has 1 rings (SSSR count). The summed E-state index contributed by atoms with van der Waals surface area (Å²) in [5.41, 5.74) is 0. The second kappa shape index (κ2) is 3.83. The van der Waals surface area contributed by atoms with Crippen molar-refractivity contribution in [1.82, 2.24) is 0 Å². The standard InChI is InChI=1S/C10H16O2/c1-3-5-8-7(4-2)9(11)6-10(8)12/h7-8H,3-6H2,1-2H3. The van der Waals surface area contributed by atoms with Crippen LogP contribution in [0.1, 0.15) is 39.5 Å². The molecular weight excluding hydrogens is 152 g/mol. The van der Waals surface area contributed by atoms with E-state index in [-0.39, 0.29) is 29.8 Å². The monoisotopic (exact) mass is 168 g/mol. The van der Waals surface area contributed by atoms with Crippen molar-refractivity contribution in [2.75, 3.05) is 0 Å². The molecule has 0 radical (unpaired) electrons. The van der Waals surface area contributed by atoms with Crippen molar-refractivity contribution < 1.29 is 9.59 Å². The summed E-state index contributed by atoms with van der Waals surface area (Å²) in [4.78, 5) is 22.6. The zero-order chi connectivity index (χ0) is 9.14. The van der Waals surface area contributed by atoms with Crippen LogP contribution < -0.4 is 0 Å². The van der Waals surface area contributed by atoms with Gasteiger partial charge in [-0.2, -0.15) is 0 Å². The Hall–Kier alpha value is -0.660. The van der Waals surface area contributed by atoms with Crippen LogP contribution in [0.25, 0.3) is 0 Å². The molecule has 0 saturated heterocycles. The van der Waals surface area contributed by atoms with Gasteiger partial charge in [0.25, 0.3) is 0 Å². The molecule has 0 N–H and O–H groups in total. The quantitative estimate of drug-likeness (QED) is 0.604. The number of carbonyl (C=O) groups excluding carboxylic acids is 2. The molecule has 0 aliphatic heterocycles. The highest BCUT2D eigenvalue weighted by Gasteiger charge is 2.38. The van der Waals surface area contributed by atoms with Crippen LogP contribution in [0.4, 0.5) is 0 Å². The Labute approximate surface area is 73.3 Å². The highest BCUT2D eigenvalue weighted by molar-refractivity contribution is 6.08. The molecule has 1 aliphatic rings. The fourth-order valence-corrected chi connectivity index (χ4v) is 2.07. The van der Waals surface area contributed by atoms with Crippen LogP contribution in [-0.2, 0) is 9.59 Å². The number of carbonyl (C=O) groups is 2. The predicted octanol–water partition coefficient (Wildman–Crippen LogP) is 1.97. The number of hydrogen-bond acceptors (Lipinski definition) is 2. The van der Waals surface area contributed by atoms with Gasteiger partial charge in [0.2, 0.25) is 0 Å². The van der Waals surface area contributed by atoms with Crippen molar-refractivity contribution >= 4 is 11.6 Å². The van der Waals surface area contributed by atoms with Gasteiger partial charge in [-0.3, -0.25) is 9.59 Å². The molecule has 1 aliphatic carbocycles. The Kier molecular flexibility index (Phi) is 3.01. The van der Waals surface area contributed by atoms with Crippen LogP contribution in [0.15, 0.2) is 0 Å². The Morgan fingerprint density at radius 2 is 1.75 bits per heavy atom. The van der Waals surface area contributed by atoms with Crippen LogP contribution in [0.5, 0.6) is 0 Å². The van der Waals surface area contributed by atoms with Gasteiger partial charge in [-0.25, -0.2) is 0 Å². The zero-order valence-electron chi connectivity index (χ0n) is 7.80. The molecule has 0 aromatic rings. The molecule has 1 saturated carbocycles. The molecule has 2 atom stereocenters. The van der Waals surface area contributed by atoms with Gasteiger partial charge < -0.3 is 0 Å². The van der Waals surface area contributed by atoms with E-state index in [0.29, 0.717) is 0 Å². The van der Waals surface area contributed by atoms with E-state index in [1.807, 2.05) is 6.92 Å². The van der Waals surface area contributed by atoms with Crippen molar-refractivity contribution in [2.45, 2.75) is 39.5 Å². The third-order valence-corrected chi connectivity index (χ3v) is 2.70. The number of hydrogen-bond donors (Lipinski definition) is 0. The molecule has 2 unspecified atom stereocenters. The highest BCUT2D eigenvalue weighted by Crippen LogP contribution is 2.31. The minimum Gasteiger partial charge on any atom is -0.299 e. The van der Waals surface area contributed by atoms with E-state index in [0.717, 1.165) is 19.3 Å². The van der Waals surface area contributed by atoms with Gasteiger partial charge in [0.05, 0.1) is 6.42 Å². The lowest BCUT2D eigenvalue weighted by Crippen LogP contribution is -2.16. The number of Topliss-reactive ketones (excluding diaryl/α,β-unsaturated/α-hetero) is 2. The summed E-state index contributed by atoms with van der Waals surface area (Å²) in [6, 6.07) is 0. The lowest BCUT2D eigenvalue weighted by molar-refractivity contribution is -0.122. The first-order chi connectivity index (χ1) is 5.70. The van der Waals surface area contributed by atoms with Crippen molar-refractivity contribution in [3.8, 4) is 0 Å². The number of ketones is 2. The Morgan fingerprint density at radius 1 is 1.17 bits per heavy atom. The van der Waals surface area contributed by atoms with Crippen molar-refractivity contribution in [1.29, 1.82) is 0 Å². The highest BCUT2D eigenvalue weighted by atomic mass is 16.2. The fraction of sp³-hybridized carbons (Fsp3) is 0.800. The van der Waals surface area contributed by atoms with E-state index in [1.54, 1.807) is 0 Å². The SMILES string of the molecule is CCCC1C(=O)CC(=O)C1CC. The second-order valence-electron chi connectivity index (χ2n) is 3.52. The third-order valence-electron chi connectivity index (χ3n) is 2.70. The third kappa shape index (κ3) is 1.57. The molecule has 0 spiro atoms. The van der Waals surface area contributed by atoms with E-state index in [1.165, 1.54) is 0 Å². The fourth-order valence-electron chi connectivity index (χ4n) is 2.07. The maximum Gasteiger partial charge on any atom is 0.144 e. The van der Waals surface area contributed by atoms with Gasteiger partial charge in [-0.15, -0.1) is 0 Å². The first-order valence-electron chi connectivity index (χ1n) is 4.76. The van der Waals surface area contributed by atoms with Crippen LogP contribution in [0.3, 0.4) is 0 Å². The van der Waals surface area contributed by atoms with Gasteiger partial charge in [-0.05, 0) is 12.8 Å². The average molecular weight is 168 g/mol. The van der Waals surface area contributed by atoms with Gasteiger partial charge in [0.1, 0.15) is 11.6 Å². The van der Waals surface area contributed by atoms with Gasteiger partial charge in [0.15, 0.2) is 0 Å². The Balaban J connectivity index is 2.68. The maximum atomic E-state index is 11.3. The minimum absolute atomic E-state index is 0.0393. The molecule has 0 amide bonds. The molecule has 0 bridgehead atoms. The van der Waals surface area contributed by atoms with Gasteiger partial charge in [0, 0.05) is 11.8 Å². The minimum atomic E-state index is 0.0393. The molecule has 2 heteroatoms. The molecule has 0 heterocycles. The summed E-state index contributed by atoms with van der Waals surface area (Å²) in [6.45, 7) is 4.05. The molecule has 0 aromatic heterocycles. The Morgan fingerprint density at radius 3 is 2.25 bits per heavy atom. The predicted molar refractivity (Wildman–Crippen MR) is 46.8 cm³/mol. The molecule has 1 fully saturated rings. The van der Waals surface area contributed by atoms with E-state index in [9.17, 15) is 9.59 Å². The Bertz CT molecular complexity index is 196. The summed E-state index contributed by atoms with van der Waals surface area (Å²) in [5, 5.41) is 0. The maximum absolute atomic E-state index is 11.3. The van der Waals surface area contributed by atoms with Crippen molar-refractivity contribution in [3.63, 3.8) is 0 Å². The summed E-state index contributed by atoms with van der Waals surface area (Å²) in [6.07, 6.45) is 2.92. The molecular formula is C10H16O2. The first-order valence-corrected chi connectivity index (χ1v) is 4.76. The van der Waals surface area contributed by atoms with E-state index in [4.69, 9.17) is 0 Å². The summed E-state index contributed by atoms with van der Waals surface area (Å²) >= 11 is 0. The topological polar surface area (TPSA) is 34.1 Å². The van der Waals surface area contributed by atoms with Gasteiger partial charge >= 0.3 is 0 Å². The van der Waals surface area contributed by atoms with Gasteiger partial charge in [-0.1, -0.05) is 20.3 Å². The lowest BCUT2D eigenvalue weighted by Gasteiger charge is -2.13. The van der Waals surface area contributed by atoms with Crippen LogP contribution in [0.2, 0.25) is 0 Å². The largest absolute Gasteiger partial charge is 0.299 e. The normalized spacial score (nSPS) is 29.8. The van der Waals surface area contributed by atoms with Crippen LogP contribution in [0, 0.1) is 11.8 Å². The van der Waals surface area contributed by atoms with Crippen molar-refractivity contribution in [2.24, 2.45) is 11.8 Å². The van der Waals surface area contributed by atoms with E-state index < -0.39 is 0 Å². The second-order valence-corrected chi connectivity index (χ2v) is 3.52. The summed E-state index contributed by atoms with van der Waals surface area (Å²) in [5.74, 6) is 0.430. The van der Waals surface area contributed by atoms with Crippen LogP contribution in [-0.4, -0.2) is 11.6 Å².